The first-order valence-corrected chi connectivity index (χ1v) is 5.58. The Labute approximate surface area is 87.8 Å². The average Bonchev–Trinajstić information content (AvgIpc) is 2.12. The van der Waals surface area contributed by atoms with Gasteiger partial charge in [0, 0.05) is 25.2 Å². The molecular formula is C11H24N2O. The molecule has 3 heteroatoms. The van der Waals surface area contributed by atoms with Gasteiger partial charge in [-0.1, -0.05) is 0 Å². The highest BCUT2D eigenvalue weighted by Gasteiger charge is 2.23. The van der Waals surface area contributed by atoms with Crippen LogP contribution in [0, 0.1) is 0 Å². The lowest BCUT2D eigenvalue weighted by Gasteiger charge is -2.36. The third-order valence-corrected chi connectivity index (χ3v) is 3.15. The third kappa shape index (κ3) is 3.56. The molecule has 0 radical (unpaired) electrons. The van der Waals surface area contributed by atoms with E-state index >= 15 is 0 Å². The predicted octanol–water partition coefficient (Wildman–Crippen LogP) is 1.09. The summed E-state index contributed by atoms with van der Waals surface area (Å²) in [7, 11) is 3.97. The number of nitrogens with one attached hydrogen (secondary N) is 1. The lowest BCUT2D eigenvalue weighted by Crippen LogP contribution is -2.48. The summed E-state index contributed by atoms with van der Waals surface area (Å²) in [6.45, 7) is 6.50. The monoisotopic (exact) mass is 200 g/mol. The molecule has 0 saturated carbocycles. The van der Waals surface area contributed by atoms with E-state index in [1.807, 2.05) is 0 Å². The van der Waals surface area contributed by atoms with Gasteiger partial charge in [-0.2, -0.15) is 0 Å². The van der Waals surface area contributed by atoms with Crippen molar-refractivity contribution in [2.75, 3.05) is 27.3 Å². The molecule has 1 fully saturated rings. The van der Waals surface area contributed by atoms with E-state index in [-0.39, 0.29) is 0 Å². The summed E-state index contributed by atoms with van der Waals surface area (Å²) in [6, 6.07) is 1.85. The first kappa shape index (κ1) is 12.0. The Kier molecular flexibility index (Phi) is 4.85. The standard InChI is InChI=1S/C11H24N2O/c1-9(8-14-4)12-11-5-6-13(3)10(2)7-11/h9-12H,5-8H2,1-4H3. The van der Waals surface area contributed by atoms with E-state index in [1.165, 1.54) is 19.4 Å². The number of methoxy groups -OCH3 is 1. The lowest BCUT2D eigenvalue weighted by atomic mass is 9.98. The van der Waals surface area contributed by atoms with Crippen molar-refractivity contribution in [3.8, 4) is 0 Å². The second kappa shape index (κ2) is 5.69. The predicted molar refractivity (Wildman–Crippen MR) is 59.6 cm³/mol. The molecule has 0 aliphatic carbocycles. The molecule has 1 heterocycles. The number of piperidine rings is 1. The topological polar surface area (TPSA) is 24.5 Å². The second-order valence-electron chi connectivity index (χ2n) is 4.57. The largest absolute Gasteiger partial charge is 0.383 e. The van der Waals surface area contributed by atoms with Gasteiger partial charge in [-0.15, -0.1) is 0 Å². The van der Waals surface area contributed by atoms with Gasteiger partial charge in [0.15, 0.2) is 0 Å². The Bertz CT molecular complexity index is 163. The van der Waals surface area contributed by atoms with Crippen molar-refractivity contribution in [2.45, 2.75) is 44.8 Å². The minimum Gasteiger partial charge on any atom is -0.383 e. The van der Waals surface area contributed by atoms with Crippen molar-refractivity contribution in [1.29, 1.82) is 0 Å². The molecule has 0 spiro atoms. The van der Waals surface area contributed by atoms with E-state index in [4.69, 9.17) is 4.74 Å². The quantitative estimate of drug-likeness (QED) is 0.735. The first-order valence-electron chi connectivity index (χ1n) is 5.58. The fraction of sp³-hybridized carbons (Fsp3) is 1.00. The van der Waals surface area contributed by atoms with Crippen molar-refractivity contribution in [2.24, 2.45) is 0 Å². The van der Waals surface area contributed by atoms with Gasteiger partial charge < -0.3 is 15.0 Å². The van der Waals surface area contributed by atoms with Gasteiger partial charge in [0.25, 0.3) is 0 Å². The van der Waals surface area contributed by atoms with Crippen LogP contribution in [0.2, 0.25) is 0 Å². The Morgan fingerprint density at radius 3 is 2.86 bits per heavy atom. The Hall–Kier alpha value is -0.120. The molecule has 1 rings (SSSR count). The Morgan fingerprint density at radius 1 is 1.57 bits per heavy atom. The molecule has 0 aromatic rings. The Balaban J connectivity index is 2.25. The van der Waals surface area contributed by atoms with E-state index in [0.29, 0.717) is 18.1 Å². The van der Waals surface area contributed by atoms with Gasteiger partial charge in [0.1, 0.15) is 0 Å². The van der Waals surface area contributed by atoms with E-state index < -0.39 is 0 Å². The van der Waals surface area contributed by atoms with Crippen molar-refractivity contribution in [3.63, 3.8) is 0 Å². The number of rotatable bonds is 4. The van der Waals surface area contributed by atoms with Crippen LogP contribution in [-0.2, 0) is 4.74 Å². The first-order chi connectivity index (χ1) is 6.63. The number of nitrogens with zero attached hydrogens (tertiary/aromatic N) is 1. The van der Waals surface area contributed by atoms with Gasteiger partial charge in [-0.25, -0.2) is 0 Å². The fourth-order valence-corrected chi connectivity index (χ4v) is 2.14. The number of likely N-dealkylation sites (tertiary alicyclic amines) is 1. The summed E-state index contributed by atoms with van der Waals surface area (Å²) in [5.74, 6) is 0. The highest BCUT2D eigenvalue weighted by atomic mass is 16.5. The summed E-state index contributed by atoms with van der Waals surface area (Å²) in [6.07, 6.45) is 2.51. The van der Waals surface area contributed by atoms with E-state index in [1.54, 1.807) is 7.11 Å². The molecule has 84 valence electrons. The van der Waals surface area contributed by atoms with Gasteiger partial charge in [0.2, 0.25) is 0 Å². The normalized spacial score (nSPS) is 31.7. The van der Waals surface area contributed by atoms with Gasteiger partial charge >= 0.3 is 0 Å². The molecule has 0 aromatic heterocycles. The molecule has 3 nitrogen and oxygen atoms in total. The van der Waals surface area contributed by atoms with Gasteiger partial charge in [-0.3, -0.25) is 0 Å². The minimum absolute atomic E-state index is 0.473. The molecule has 3 atom stereocenters. The summed E-state index contributed by atoms with van der Waals surface area (Å²) in [4.78, 5) is 2.43. The summed E-state index contributed by atoms with van der Waals surface area (Å²) >= 11 is 0. The van der Waals surface area contributed by atoms with Crippen molar-refractivity contribution >= 4 is 0 Å². The zero-order chi connectivity index (χ0) is 10.6. The maximum absolute atomic E-state index is 5.12. The Morgan fingerprint density at radius 2 is 2.29 bits per heavy atom. The van der Waals surface area contributed by atoms with Crippen LogP contribution in [0.25, 0.3) is 0 Å². The summed E-state index contributed by atoms with van der Waals surface area (Å²) in [5.41, 5.74) is 0. The molecule has 1 aliphatic heterocycles. The summed E-state index contributed by atoms with van der Waals surface area (Å²) in [5, 5.41) is 3.62. The molecule has 1 aliphatic rings. The lowest BCUT2D eigenvalue weighted by molar-refractivity contribution is 0.134. The molecule has 0 amide bonds. The molecule has 0 bridgehead atoms. The van der Waals surface area contributed by atoms with E-state index in [9.17, 15) is 0 Å². The van der Waals surface area contributed by atoms with Crippen LogP contribution in [0.5, 0.6) is 0 Å². The van der Waals surface area contributed by atoms with E-state index in [2.05, 4.69) is 31.1 Å². The van der Waals surface area contributed by atoms with Crippen molar-refractivity contribution in [3.05, 3.63) is 0 Å². The average molecular weight is 200 g/mol. The van der Waals surface area contributed by atoms with Crippen LogP contribution in [0.3, 0.4) is 0 Å². The maximum atomic E-state index is 5.12. The second-order valence-corrected chi connectivity index (χ2v) is 4.57. The molecule has 14 heavy (non-hydrogen) atoms. The molecule has 1 saturated heterocycles. The molecule has 1 N–H and O–H groups in total. The fourth-order valence-electron chi connectivity index (χ4n) is 2.14. The van der Waals surface area contributed by atoms with Crippen molar-refractivity contribution in [1.82, 2.24) is 10.2 Å². The number of hydrogen-bond donors (Lipinski definition) is 1. The third-order valence-electron chi connectivity index (χ3n) is 3.15. The number of ether oxygens (including phenoxy) is 1. The van der Waals surface area contributed by atoms with Crippen LogP contribution in [0.15, 0.2) is 0 Å². The van der Waals surface area contributed by atoms with Gasteiger partial charge in [0.05, 0.1) is 6.61 Å². The highest BCUT2D eigenvalue weighted by Crippen LogP contribution is 2.15. The van der Waals surface area contributed by atoms with Crippen LogP contribution < -0.4 is 5.32 Å². The van der Waals surface area contributed by atoms with Gasteiger partial charge in [-0.05, 0) is 40.3 Å². The number of hydrogen-bond acceptors (Lipinski definition) is 3. The van der Waals surface area contributed by atoms with Crippen LogP contribution in [0.1, 0.15) is 26.7 Å². The smallest absolute Gasteiger partial charge is 0.0613 e. The zero-order valence-electron chi connectivity index (χ0n) is 9.92. The van der Waals surface area contributed by atoms with Crippen LogP contribution in [-0.4, -0.2) is 50.3 Å². The minimum atomic E-state index is 0.473. The zero-order valence-corrected chi connectivity index (χ0v) is 9.92. The van der Waals surface area contributed by atoms with Crippen LogP contribution >= 0.6 is 0 Å². The van der Waals surface area contributed by atoms with E-state index in [0.717, 1.165) is 6.61 Å². The molecule has 0 aromatic carbocycles. The highest BCUT2D eigenvalue weighted by molar-refractivity contribution is 4.82. The molecule has 3 unspecified atom stereocenters. The SMILES string of the molecule is COCC(C)NC1CCN(C)C(C)C1. The van der Waals surface area contributed by atoms with Crippen molar-refractivity contribution < 1.29 is 4.74 Å². The maximum Gasteiger partial charge on any atom is 0.0613 e. The summed E-state index contributed by atoms with van der Waals surface area (Å²) < 4.78 is 5.12. The molecular weight excluding hydrogens is 176 g/mol. The van der Waals surface area contributed by atoms with Crippen LogP contribution in [0.4, 0.5) is 0 Å².